The fourth-order valence-corrected chi connectivity index (χ4v) is 1.50. The van der Waals surface area contributed by atoms with Gasteiger partial charge >= 0.3 is 5.97 Å². The van der Waals surface area contributed by atoms with Gasteiger partial charge in [0.15, 0.2) is 0 Å². The first-order valence-electron chi connectivity index (χ1n) is 6.45. The van der Waals surface area contributed by atoms with Crippen molar-refractivity contribution in [3.8, 4) is 0 Å². The zero-order valence-electron chi connectivity index (χ0n) is 12.4. The van der Waals surface area contributed by atoms with Crippen molar-refractivity contribution in [2.24, 2.45) is 0 Å². The molecule has 1 N–H and O–H groups in total. The molecule has 0 spiro atoms. The molecule has 110 valence electrons. The van der Waals surface area contributed by atoms with E-state index in [4.69, 9.17) is 19.1 Å². The van der Waals surface area contributed by atoms with E-state index < -0.39 is 11.5 Å². The molecule has 6 heteroatoms. The van der Waals surface area contributed by atoms with Gasteiger partial charge in [0.2, 0.25) is 0 Å². The molecule has 0 fully saturated rings. The summed E-state index contributed by atoms with van der Waals surface area (Å²) in [4.78, 5) is 10.8. The Morgan fingerprint density at radius 1 is 0.833 bits per heavy atom. The molecule has 0 aliphatic carbocycles. The lowest BCUT2D eigenvalue weighted by Crippen LogP contribution is -2.63. The van der Waals surface area contributed by atoms with Gasteiger partial charge in [0.1, 0.15) is 5.54 Å². The Hall–Kier alpha value is -0.240. The third-order valence-corrected chi connectivity index (χ3v) is 2.40. The van der Waals surface area contributed by atoms with Crippen LogP contribution in [0.3, 0.4) is 0 Å². The molecule has 0 aromatic rings. The predicted molar refractivity (Wildman–Crippen MR) is 67.4 cm³/mol. The molecule has 18 heavy (non-hydrogen) atoms. The van der Waals surface area contributed by atoms with Gasteiger partial charge in [0.05, 0.1) is 13.2 Å². The maximum atomic E-state index is 10.5. The zero-order chi connectivity index (χ0) is 14.2. The third kappa shape index (κ3) is 4.15. The van der Waals surface area contributed by atoms with E-state index in [0.717, 1.165) is 0 Å². The van der Waals surface area contributed by atoms with Crippen LogP contribution in [0.2, 0.25) is 0 Å². The van der Waals surface area contributed by atoms with Crippen LogP contribution in [0.5, 0.6) is 0 Å². The molecule has 0 aliphatic heterocycles. The minimum atomic E-state index is -1.80. The van der Waals surface area contributed by atoms with E-state index in [0.29, 0.717) is 26.4 Å². The lowest BCUT2D eigenvalue weighted by Gasteiger charge is -2.45. The molecule has 0 rings (SSSR count). The van der Waals surface area contributed by atoms with Gasteiger partial charge in [0, 0.05) is 13.2 Å². The van der Waals surface area contributed by atoms with Crippen LogP contribution in [0.1, 0.15) is 41.5 Å². The Balaban J connectivity index is 5.08. The summed E-state index contributed by atoms with van der Waals surface area (Å²) < 4.78 is 10.7. The standard InChI is InChI=1S/C12H27NO5/c1-7-15-12(14,16-8-2)11(5,6)13(17-9-3)18-10-4/h14H,7-10H2,1-6H3. The molecular weight excluding hydrogens is 238 g/mol. The highest BCUT2D eigenvalue weighted by Gasteiger charge is 2.52. The zero-order valence-corrected chi connectivity index (χ0v) is 12.4. The lowest BCUT2D eigenvalue weighted by atomic mass is 10.0. The quantitative estimate of drug-likeness (QED) is 0.479. The molecule has 0 radical (unpaired) electrons. The summed E-state index contributed by atoms with van der Waals surface area (Å²) in [5.74, 6) is -1.80. The van der Waals surface area contributed by atoms with E-state index in [1.165, 1.54) is 5.23 Å². The summed E-state index contributed by atoms with van der Waals surface area (Å²) in [6, 6.07) is 0. The number of nitrogens with zero attached hydrogens (tertiary/aromatic N) is 1. The second-order valence-corrected chi connectivity index (χ2v) is 4.10. The van der Waals surface area contributed by atoms with Crippen molar-refractivity contribution in [2.75, 3.05) is 26.4 Å². The van der Waals surface area contributed by atoms with Crippen molar-refractivity contribution >= 4 is 0 Å². The van der Waals surface area contributed by atoms with E-state index in [1.807, 2.05) is 13.8 Å². The summed E-state index contributed by atoms with van der Waals surface area (Å²) >= 11 is 0. The van der Waals surface area contributed by atoms with Crippen LogP contribution in [0, 0.1) is 0 Å². The SMILES string of the molecule is CCON(OCC)C(C)(C)C(O)(OCC)OCC. The van der Waals surface area contributed by atoms with E-state index >= 15 is 0 Å². The van der Waals surface area contributed by atoms with E-state index in [2.05, 4.69) is 0 Å². The largest absolute Gasteiger partial charge is 0.342 e. The van der Waals surface area contributed by atoms with Crippen LogP contribution < -0.4 is 0 Å². The highest BCUT2D eigenvalue weighted by Crippen LogP contribution is 2.31. The molecule has 0 saturated carbocycles. The van der Waals surface area contributed by atoms with Gasteiger partial charge < -0.3 is 14.6 Å². The molecule has 0 aromatic carbocycles. The van der Waals surface area contributed by atoms with Gasteiger partial charge in [-0.2, -0.15) is 0 Å². The maximum absolute atomic E-state index is 10.5. The molecule has 0 aliphatic rings. The molecule has 0 bridgehead atoms. The second kappa shape index (κ2) is 8.04. The molecule has 0 amide bonds. The Morgan fingerprint density at radius 2 is 1.22 bits per heavy atom. The van der Waals surface area contributed by atoms with E-state index in [1.54, 1.807) is 27.7 Å². The van der Waals surface area contributed by atoms with Crippen molar-refractivity contribution in [1.29, 1.82) is 0 Å². The van der Waals surface area contributed by atoms with Gasteiger partial charge in [-0.1, -0.05) is 5.23 Å². The third-order valence-electron chi connectivity index (χ3n) is 2.40. The first-order valence-corrected chi connectivity index (χ1v) is 6.45. The molecule has 0 atom stereocenters. The minimum absolute atomic E-state index is 0.312. The molecular formula is C12H27NO5. The number of hydrogen-bond donors (Lipinski definition) is 1. The number of hydroxylamine groups is 2. The van der Waals surface area contributed by atoms with Gasteiger partial charge in [-0.05, 0) is 41.5 Å². The van der Waals surface area contributed by atoms with Crippen LogP contribution in [0.25, 0.3) is 0 Å². The van der Waals surface area contributed by atoms with E-state index in [-0.39, 0.29) is 0 Å². The van der Waals surface area contributed by atoms with Crippen molar-refractivity contribution in [2.45, 2.75) is 53.1 Å². The van der Waals surface area contributed by atoms with Crippen LogP contribution in [0.4, 0.5) is 0 Å². The molecule has 0 unspecified atom stereocenters. The summed E-state index contributed by atoms with van der Waals surface area (Å²) in [6.45, 7) is 12.1. The molecule has 0 aromatic heterocycles. The number of hydrogen-bond acceptors (Lipinski definition) is 6. The predicted octanol–water partition coefficient (Wildman–Crippen LogP) is 1.69. The van der Waals surface area contributed by atoms with Crippen molar-refractivity contribution < 1.29 is 24.3 Å². The minimum Gasteiger partial charge on any atom is -0.342 e. The summed E-state index contributed by atoms with van der Waals surface area (Å²) in [7, 11) is 0. The topological polar surface area (TPSA) is 60.4 Å². The van der Waals surface area contributed by atoms with Crippen LogP contribution in [-0.4, -0.2) is 48.3 Å². The average Bonchev–Trinajstić information content (AvgIpc) is 2.29. The monoisotopic (exact) mass is 265 g/mol. The van der Waals surface area contributed by atoms with Gasteiger partial charge in [-0.25, -0.2) is 0 Å². The van der Waals surface area contributed by atoms with Crippen molar-refractivity contribution in [1.82, 2.24) is 5.23 Å². The van der Waals surface area contributed by atoms with E-state index in [9.17, 15) is 5.11 Å². The molecule has 0 saturated heterocycles. The maximum Gasteiger partial charge on any atom is 0.304 e. The number of aliphatic hydroxyl groups is 1. The summed E-state index contributed by atoms with van der Waals surface area (Å²) in [6.07, 6.45) is 0. The first kappa shape index (κ1) is 17.8. The van der Waals surface area contributed by atoms with Crippen molar-refractivity contribution in [3.63, 3.8) is 0 Å². The Bertz CT molecular complexity index is 211. The Labute approximate surface area is 110 Å². The van der Waals surface area contributed by atoms with Crippen LogP contribution >= 0.6 is 0 Å². The highest BCUT2D eigenvalue weighted by molar-refractivity contribution is 4.84. The smallest absolute Gasteiger partial charge is 0.304 e. The molecule has 6 nitrogen and oxygen atoms in total. The highest BCUT2D eigenvalue weighted by atomic mass is 17.0. The fraction of sp³-hybridized carbons (Fsp3) is 1.00. The van der Waals surface area contributed by atoms with Crippen LogP contribution in [0.15, 0.2) is 0 Å². The number of ether oxygens (including phenoxy) is 2. The van der Waals surface area contributed by atoms with Crippen molar-refractivity contribution in [3.05, 3.63) is 0 Å². The van der Waals surface area contributed by atoms with Gasteiger partial charge in [-0.3, -0.25) is 9.68 Å². The Kier molecular flexibility index (Phi) is 7.93. The molecule has 0 heterocycles. The second-order valence-electron chi connectivity index (χ2n) is 4.10. The van der Waals surface area contributed by atoms with Crippen LogP contribution in [-0.2, 0) is 19.1 Å². The first-order chi connectivity index (χ1) is 8.39. The summed E-state index contributed by atoms with van der Waals surface area (Å²) in [5, 5.41) is 11.8. The van der Waals surface area contributed by atoms with Gasteiger partial charge in [0.25, 0.3) is 0 Å². The normalized spacial score (nSPS) is 13.3. The average molecular weight is 265 g/mol. The Morgan fingerprint density at radius 3 is 1.50 bits per heavy atom. The van der Waals surface area contributed by atoms with Gasteiger partial charge in [-0.15, -0.1) is 0 Å². The lowest BCUT2D eigenvalue weighted by molar-refractivity contribution is -0.495. The fourth-order valence-electron chi connectivity index (χ4n) is 1.50. The number of rotatable bonds is 10. The summed E-state index contributed by atoms with van der Waals surface area (Å²) in [5.41, 5.74) is -1.02.